The van der Waals surface area contributed by atoms with Crippen molar-refractivity contribution in [2.24, 2.45) is 5.92 Å². The molecule has 2 rings (SSSR count). The van der Waals surface area contributed by atoms with Crippen LogP contribution >= 0.6 is 11.3 Å². The molecule has 0 aromatic carbocycles. The van der Waals surface area contributed by atoms with E-state index >= 15 is 0 Å². The monoisotopic (exact) mass is 279 g/mol. The second-order valence-electron chi connectivity index (χ2n) is 5.38. The molecular formula is C15H25N3S. The topological polar surface area (TPSA) is 29.3 Å². The van der Waals surface area contributed by atoms with E-state index in [1.807, 2.05) is 0 Å². The number of imidazole rings is 1. The molecule has 1 unspecified atom stereocenters. The van der Waals surface area contributed by atoms with E-state index in [1.165, 1.54) is 23.4 Å². The molecule has 0 bridgehead atoms. The van der Waals surface area contributed by atoms with Crippen molar-refractivity contribution in [2.75, 3.05) is 0 Å². The third-order valence-corrected chi connectivity index (χ3v) is 4.99. The van der Waals surface area contributed by atoms with Gasteiger partial charge in [-0.15, -0.1) is 11.3 Å². The number of hydrogen-bond donors (Lipinski definition) is 1. The fourth-order valence-electron chi connectivity index (χ4n) is 2.74. The first-order valence-corrected chi connectivity index (χ1v) is 8.05. The van der Waals surface area contributed by atoms with Crippen molar-refractivity contribution >= 4 is 16.3 Å². The summed E-state index contributed by atoms with van der Waals surface area (Å²) in [6, 6.07) is 0.555. The number of rotatable bonds is 6. The molecule has 106 valence electrons. The van der Waals surface area contributed by atoms with Gasteiger partial charge in [-0.3, -0.25) is 4.40 Å². The van der Waals surface area contributed by atoms with E-state index in [9.17, 15) is 0 Å². The van der Waals surface area contributed by atoms with Gasteiger partial charge >= 0.3 is 0 Å². The van der Waals surface area contributed by atoms with E-state index in [0.29, 0.717) is 6.04 Å². The number of fused-ring (bicyclic) bond motifs is 1. The lowest BCUT2D eigenvalue weighted by atomic mass is 9.95. The van der Waals surface area contributed by atoms with Crippen LogP contribution in [0.4, 0.5) is 0 Å². The third kappa shape index (κ3) is 3.00. The molecule has 2 aromatic rings. The van der Waals surface area contributed by atoms with Gasteiger partial charge in [-0.1, -0.05) is 26.7 Å². The Bertz CT molecular complexity index is 537. The van der Waals surface area contributed by atoms with Crippen molar-refractivity contribution in [1.82, 2.24) is 14.7 Å². The highest BCUT2D eigenvalue weighted by Gasteiger charge is 2.15. The van der Waals surface area contributed by atoms with Crippen molar-refractivity contribution in [2.45, 2.75) is 60.0 Å². The highest BCUT2D eigenvalue weighted by Crippen LogP contribution is 2.21. The summed E-state index contributed by atoms with van der Waals surface area (Å²) in [6.07, 6.45) is 4.67. The van der Waals surface area contributed by atoms with Crippen LogP contribution in [0.1, 0.15) is 49.9 Å². The first kappa shape index (κ1) is 14.5. The van der Waals surface area contributed by atoms with Crippen LogP contribution in [0.15, 0.2) is 6.20 Å². The van der Waals surface area contributed by atoms with E-state index in [-0.39, 0.29) is 0 Å². The van der Waals surface area contributed by atoms with Crippen LogP contribution < -0.4 is 5.32 Å². The number of nitrogens with one attached hydrogen (secondary N) is 1. The van der Waals surface area contributed by atoms with Gasteiger partial charge in [-0.05, 0) is 26.7 Å². The Morgan fingerprint density at radius 3 is 2.63 bits per heavy atom. The number of thiazole rings is 1. The summed E-state index contributed by atoms with van der Waals surface area (Å²) >= 11 is 1.76. The maximum Gasteiger partial charge on any atom is 0.194 e. The Morgan fingerprint density at radius 1 is 1.32 bits per heavy atom. The molecule has 19 heavy (non-hydrogen) atoms. The van der Waals surface area contributed by atoms with Gasteiger partial charge in [0, 0.05) is 23.7 Å². The smallest absolute Gasteiger partial charge is 0.194 e. The first-order chi connectivity index (χ1) is 9.06. The Balaban J connectivity index is 2.10. The minimum absolute atomic E-state index is 0.555. The molecule has 0 spiro atoms. The standard InChI is InChI=1S/C15H25N3S/c1-6-13(7-2)11(4)16-8-14-12(5)17-15-18(14)9-10(3)19-15/h9,11,13,16H,6-8H2,1-5H3. The minimum Gasteiger partial charge on any atom is -0.308 e. The predicted octanol–water partition coefficient (Wildman–Crippen LogP) is 3.93. The maximum absolute atomic E-state index is 4.64. The largest absolute Gasteiger partial charge is 0.308 e. The summed E-state index contributed by atoms with van der Waals surface area (Å²) in [4.78, 5) is 7.07. The fraction of sp³-hybridized carbons (Fsp3) is 0.667. The second kappa shape index (κ2) is 6.06. The second-order valence-corrected chi connectivity index (χ2v) is 6.60. The van der Waals surface area contributed by atoms with Crippen LogP contribution in [0.2, 0.25) is 0 Å². The van der Waals surface area contributed by atoms with Gasteiger partial charge in [0.15, 0.2) is 4.96 Å². The number of hydrogen-bond acceptors (Lipinski definition) is 3. The van der Waals surface area contributed by atoms with Crippen LogP contribution in [-0.4, -0.2) is 15.4 Å². The maximum atomic E-state index is 4.64. The van der Waals surface area contributed by atoms with Gasteiger partial charge < -0.3 is 5.32 Å². The minimum atomic E-state index is 0.555. The normalized spacial score (nSPS) is 13.6. The van der Waals surface area contributed by atoms with Gasteiger partial charge in [-0.2, -0.15) is 0 Å². The first-order valence-electron chi connectivity index (χ1n) is 7.24. The van der Waals surface area contributed by atoms with Gasteiger partial charge in [0.25, 0.3) is 0 Å². The summed E-state index contributed by atoms with van der Waals surface area (Å²) in [5.41, 5.74) is 2.45. The van der Waals surface area contributed by atoms with Crippen LogP contribution in [0.3, 0.4) is 0 Å². The highest BCUT2D eigenvalue weighted by molar-refractivity contribution is 7.17. The zero-order valence-corrected chi connectivity index (χ0v) is 13.5. The van der Waals surface area contributed by atoms with Gasteiger partial charge in [0.2, 0.25) is 0 Å². The summed E-state index contributed by atoms with van der Waals surface area (Å²) in [5.74, 6) is 0.757. The third-order valence-electron chi connectivity index (χ3n) is 4.09. The van der Waals surface area contributed by atoms with Crippen LogP contribution in [-0.2, 0) is 6.54 Å². The molecule has 0 saturated carbocycles. The molecule has 2 aromatic heterocycles. The van der Waals surface area contributed by atoms with E-state index in [4.69, 9.17) is 0 Å². The van der Waals surface area contributed by atoms with Crippen molar-refractivity contribution in [1.29, 1.82) is 0 Å². The fourth-order valence-corrected chi connectivity index (χ4v) is 3.63. The zero-order valence-electron chi connectivity index (χ0n) is 12.7. The van der Waals surface area contributed by atoms with Gasteiger partial charge in [0.05, 0.1) is 11.4 Å². The SMILES string of the molecule is CCC(CC)C(C)NCc1c(C)nc2sc(C)cn12. The van der Waals surface area contributed by atoms with E-state index in [2.05, 4.69) is 55.5 Å². The molecule has 0 aliphatic carbocycles. The van der Waals surface area contributed by atoms with Crippen molar-refractivity contribution < 1.29 is 0 Å². The molecule has 1 N–H and O–H groups in total. The van der Waals surface area contributed by atoms with Crippen molar-refractivity contribution in [3.05, 3.63) is 22.5 Å². The Kier molecular flexibility index (Phi) is 4.63. The van der Waals surface area contributed by atoms with E-state index in [1.54, 1.807) is 11.3 Å². The molecule has 0 radical (unpaired) electrons. The molecular weight excluding hydrogens is 254 g/mol. The summed E-state index contributed by atoms with van der Waals surface area (Å²) in [7, 11) is 0. The van der Waals surface area contributed by atoms with Crippen LogP contribution in [0, 0.1) is 19.8 Å². The molecule has 0 saturated heterocycles. The average Bonchev–Trinajstić information content (AvgIpc) is 2.84. The zero-order chi connectivity index (χ0) is 14.0. The predicted molar refractivity (Wildman–Crippen MR) is 82.9 cm³/mol. The molecule has 2 heterocycles. The number of nitrogens with zero attached hydrogens (tertiary/aromatic N) is 2. The van der Waals surface area contributed by atoms with E-state index in [0.717, 1.165) is 23.1 Å². The summed E-state index contributed by atoms with van der Waals surface area (Å²) in [6.45, 7) is 12.0. The summed E-state index contributed by atoms with van der Waals surface area (Å²) < 4.78 is 2.24. The number of aryl methyl sites for hydroxylation is 2. The van der Waals surface area contributed by atoms with Crippen molar-refractivity contribution in [3.8, 4) is 0 Å². The van der Waals surface area contributed by atoms with Gasteiger partial charge in [0.1, 0.15) is 0 Å². The Morgan fingerprint density at radius 2 is 2.00 bits per heavy atom. The molecule has 3 nitrogen and oxygen atoms in total. The molecule has 1 atom stereocenters. The lowest BCUT2D eigenvalue weighted by molar-refractivity contribution is 0.351. The molecule has 0 fully saturated rings. The molecule has 0 aliphatic rings. The van der Waals surface area contributed by atoms with E-state index < -0.39 is 0 Å². The molecule has 4 heteroatoms. The van der Waals surface area contributed by atoms with Gasteiger partial charge in [-0.25, -0.2) is 4.98 Å². The quantitative estimate of drug-likeness (QED) is 0.868. The van der Waals surface area contributed by atoms with Crippen molar-refractivity contribution in [3.63, 3.8) is 0 Å². The Hall–Kier alpha value is -0.870. The molecule has 0 amide bonds. The molecule has 0 aliphatic heterocycles. The average molecular weight is 279 g/mol. The lowest BCUT2D eigenvalue weighted by Gasteiger charge is -2.22. The number of aromatic nitrogens is 2. The van der Waals surface area contributed by atoms with Crippen LogP contribution in [0.5, 0.6) is 0 Å². The highest BCUT2D eigenvalue weighted by atomic mass is 32.1. The Labute approximate surface area is 120 Å². The summed E-state index contributed by atoms with van der Waals surface area (Å²) in [5, 5.41) is 3.67. The lowest BCUT2D eigenvalue weighted by Crippen LogP contribution is -2.33. The van der Waals surface area contributed by atoms with Crippen LogP contribution in [0.25, 0.3) is 4.96 Å².